The second-order valence-electron chi connectivity index (χ2n) is 7.06. The molecule has 2 fully saturated rings. The summed E-state index contributed by atoms with van der Waals surface area (Å²) in [6, 6.07) is 8.72. The summed E-state index contributed by atoms with van der Waals surface area (Å²) in [5, 5.41) is 6.07. The van der Waals surface area contributed by atoms with Crippen LogP contribution >= 0.6 is 0 Å². The molecule has 1 saturated heterocycles. The van der Waals surface area contributed by atoms with E-state index >= 15 is 0 Å². The Kier molecular flexibility index (Phi) is 5.55. The molecule has 1 aromatic carbocycles. The molecule has 126 valence electrons. The van der Waals surface area contributed by atoms with Gasteiger partial charge in [-0.15, -0.1) is 0 Å². The Morgan fingerprint density at radius 1 is 1.17 bits per heavy atom. The Labute approximate surface area is 139 Å². The number of amides is 2. The molecule has 2 aliphatic rings. The number of piperidine rings is 1. The molecular weight excluding hydrogens is 286 g/mol. The normalized spacial score (nSPS) is 20.0. The molecule has 0 bridgehead atoms. The standard InChI is InChI=1S/C19H29N3O/c1-15(16-9-10-16)21-19(23)20-13-17-7-3-4-8-18(17)14-22-11-5-2-6-12-22/h3-4,7-8,15-16H,2,5-6,9-14H2,1H3,(H2,20,21,23). The minimum Gasteiger partial charge on any atom is -0.335 e. The van der Waals surface area contributed by atoms with Crippen molar-refractivity contribution in [3.63, 3.8) is 0 Å². The SMILES string of the molecule is CC(NC(=O)NCc1ccccc1CN1CCCCC1)C1CC1. The largest absolute Gasteiger partial charge is 0.335 e. The summed E-state index contributed by atoms with van der Waals surface area (Å²) in [6.07, 6.45) is 6.48. The highest BCUT2D eigenvalue weighted by molar-refractivity contribution is 5.74. The second kappa shape index (κ2) is 7.82. The van der Waals surface area contributed by atoms with Gasteiger partial charge in [0.2, 0.25) is 0 Å². The van der Waals surface area contributed by atoms with E-state index in [-0.39, 0.29) is 6.03 Å². The molecule has 1 aliphatic carbocycles. The van der Waals surface area contributed by atoms with Gasteiger partial charge in [-0.25, -0.2) is 4.79 Å². The van der Waals surface area contributed by atoms with Crippen LogP contribution in [0.5, 0.6) is 0 Å². The minimum atomic E-state index is -0.0443. The first kappa shape index (κ1) is 16.3. The van der Waals surface area contributed by atoms with Gasteiger partial charge in [0.15, 0.2) is 0 Å². The van der Waals surface area contributed by atoms with Crippen molar-refractivity contribution in [2.24, 2.45) is 5.92 Å². The molecule has 1 atom stereocenters. The topological polar surface area (TPSA) is 44.4 Å². The fraction of sp³-hybridized carbons (Fsp3) is 0.632. The third-order valence-corrected chi connectivity index (χ3v) is 5.09. The summed E-state index contributed by atoms with van der Waals surface area (Å²) in [6.45, 7) is 6.09. The molecule has 4 nitrogen and oxygen atoms in total. The molecule has 0 spiro atoms. The van der Waals surface area contributed by atoms with Gasteiger partial charge >= 0.3 is 6.03 Å². The van der Waals surface area contributed by atoms with Gasteiger partial charge in [-0.05, 0) is 62.7 Å². The number of rotatable bonds is 6. The van der Waals surface area contributed by atoms with Gasteiger partial charge in [-0.3, -0.25) is 4.90 Å². The van der Waals surface area contributed by atoms with Crippen molar-refractivity contribution in [3.05, 3.63) is 35.4 Å². The highest BCUT2D eigenvalue weighted by Crippen LogP contribution is 2.32. The summed E-state index contributed by atoms with van der Waals surface area (Å²) in [7, 11) is 0. The fourth-order valence-corrected chi connectivity index (χ4v) is 3.39. The number of carbonyl (C=O) groups excluding carboxylic acids is 1. The van der Waals surface area contributed by atoms with E-state index in [1.165, 1.54) is 56.3 Å². The van der Waals surface area contributed by atoms with Gasteiger partial charge in [-0.1, -0.05) is 30.7 Å². The Morgan fingerprint density at radius 3 is 2.57 bits per heavy atom. The van der Waals surface area contributed by atoms with Crippen LogP contribution in [0.25, 0.3) is 0 Å². The lowest BCUT2D eigenvalue weighted by molar-refractivity contribution is 0.220. The molecule has 1 saturated carbocycles. The lowest BCUT2D eigenvalue weighted by Gasteiger charge is -2.27. The molecule has 23 heavy (non-hydrogen) atoms. The van der Waals surface area contributed by atoms with Crippen LogP contribution in [0.1, 0.15) is 50.2 Å². The molecule has 0 aromatic heterocycles. The lowest BCUT2D eigenvalue weighted by Crippen LogP contribution is -2.41. The van der Waals surface area contributed by atoms with E-state index in [2.05, 4.69) is 46.7 Å². The second-order valence-corrected chi connectivity index (χ2v) is 7.06. The van der Waals surface area contributed by atoms with E-state index in [9.17, 15) is 4.79 Å². The Hall–Kier alpha value is -1.55. The number of carbonyl (C=O) groups is 1. The molecule has 1 unspecified atom stereocenters. The van der Waals surface area contributed by atoms with Crippen molar-refractivity contribution in [1.82, 2.24) is 15.5 Å². The Morgan fingerprint density at radius 2 is 1.87 bits per heavy atom. The van der Waals surface area contributed by atoms with Gasteiger partial charge < -0.3 is 10.6 Å². The van der Waals surface area contributed by atoms with Crippen LogP contribution < -0.4 is 10.6 Å². The van der Waals surface area contributed by atoms with Crippen LogP contribution in [0.15, 0.2) is 24.3 Å². The first-order chi connectivity index (χ1) is 11.2. The molecule has 2 amide bonds. The Bertz CT molecular complexity index is 521. The van der Waals surface area contributed by atoms with Crippen LogP contribution in [0, 0.1) is 5.92 Å². The quantitative estimate of drug-likeness (QED) is 0.846. The van der Waals surface area contributed by atoms with Crippen molar-refractivity contribution in [2.75, 3.05) is 13.1 Å². The van der Waals surface area contributed by atoms with E-state index in [1.54, 1.807) is 0 Å². The average Bonchev–Trinajstić information content (AvgIpc) is 3.40. The molecule has 1 aromatic rings. The molecule has 2 N–H and O–H groups in total. The number of hydrogen-bond donors (Lipinski definition) is 2. The van der Waals surface area contributed by atoms with Gasteiger partial charge in [0.1, 0.15) is 0 Å². The summed E-state index contributed by atoms with van der Waals surface area (Å²) < 4.78 is 0. The maximum Gasteiger partial charge on any atom is 0.315 e. The van der Waals surface area contributed by atoms with Crippen molar-refractivity contribution in [1.29, 1.82) is 0 Å². The molecular formula is C19H29N3O. The first-order valence-corrected chi connectivity index (χ1v) is 9.06. The monoisotopic (exact) mass is 315 g/mol. The van der Waals surface area contributed by atoms with Crippen molar-refractivity contribution in [3.8, 4) is 0 Å². The highest BCUT2D eigenvalue weighted by atomic mass is 16.2. The molecule has 3 rings (SSSR count). The first-order valence-electron chi connectivity index (χ1n) is 9.06. The number of nitrogens with zero attached hydrogens (tertiary/aromatic N) is 1. The summed E-state index contributed by atoms with van der Waals surface area (Å²) >= 11 is 0. The van der Waals surface area contributed by atoms with E-state index in [0.29, 0.717) is 18.5 Å². The molecule has 0 radical (unpaired) electrons. The van der Waals surface area contributed by atoms with Crippen molar-refractivity contribution in [2.45, 2.75) is 58.2 Å². The maximum atomic E-state index is 12.0. The van der Waals surface area contributed by atoms with Gasteiger partial charge in [0.25, 0.3) is 0 Å². The predicted molar refractivity (Wildman–Crippen MR) is 93.1 cm³/mol. The Balaban J connectivity index is 1.51. The highest BCUT2D eigenvalue weighted by Gasteiger charge is 2.28. The van der Waals surface area contributed by atoms with Gasteiger partial charge in [0.05, 0.1) is 0 Å². The smallest absolute Gasteiger partial charge is 0.315 e. The third kappa shape index (κ3) is 4.96. The minimum absolute atomic E-state index is 0.0443. The third-order valence-electron chi connectivity index (χ3n) is 5.09. The van der Waals surface area contributed by atoms with Crippen molar-refractivity contribution >= 4 is 6.03 Å². The number of likely N-dealkylation sites (tertiary alicyclic amines) is 1. The van der Waals surface area contributed by atoms with Crippen LogP contribution in [0.4, 0.5) is 4.79 Å². The number of urea groups is 1. The zero-order chi connectivity index (χ0) is 16.1. The summed E-state index contributed by atoms with van der Waals surface area (Å²) in [5.41, 5.74) is 2.57. The van der Waals surface area contributed by atoms with Crippen LogP contribution in [0.2, 0.25) is 0 Å². The zero-order valence-corrected chi connectivity index (χ0v) is 14.2. The van der Waals surface area contributed by atoms with Crippen LogP contribution in [-0.2, 0) is 13.1 Å². The summed E-state index contributed by atoms with van der Waals surface area (Å²) in [5.74, 6) is 0.687. The van der Waals surface area contributed by atoms with Gasteiger partial charge in [0, 0.05) is 19.1 Å². The molecule has 4 heteroatoms. The average molecular weight is 315 g/mol. The van der Waals surface area contributed by atoms with Gasteiger partial charge in [-0.2, -0.15) is 0 Å². The zero-order valence-electron chi connectivity index (χ0n) is 14.2. The van der Waals surface area contributed by atoms with E-state index < -0.39 is 0 Å². The molecule has 1 heterocycles. The molecule has 1 aliphatic heterocycles. The van der Waals surface area contributed by atoms with E-state index in [0.717, 1.165) is 6.54 Å². The van der Waals surface area contributed by atoms with E-state index in [4.69, 9.17) is 0 Å². The number of hydrogen-bond acceptors (Lipinski definition) is 2. The van der Waals surface area contributed by atoms with E-state index in [1.807, 2.05) is 0 Å². The lowest BCUT2D eigenvalue weighted by atomic mass is 10.0. The van der Waals surface area contributed by atoms with Crippen molar-refractivity contribution < 1.29 is 4.79 Å². The van der Waals surface area contributed by atoms with Crippen LogP contribution in [-0.4, -0.2) is 30.1 Å². The summed E-state index contributed by atoms with van der Waals surface area (Å²) in [4.78, 5) is 14.6. The number of nitrogens with one attached hydrogen (secondary N) is 2. The predicted octanol–water partition coefficient (Wildman–Crippen LogP) is 3.27. The fourth-order valence-electron chi connectivity index (χ4n) is 3.39. The number of benzene rings is 1. The van der Waals surface area contributed by atoms with Crippen LogP contribution in [0.3, 0.4) is 0 Å². The maximum absolute atomic E-state index is 12.0.